The van der Waals surface area contributed by atoms with Crippen LogP contribution in [0.1, 0.15) is 37.7 Å². The van der Waals surface area contributed by atoms with E-state index >= 15 is 0 Å². The lowest BCUT2D eigenvalue weighted by atomic mass is 10.1. The van der Waals surface area contributed by atoms with Gasteiger partial charge in [0.2, 0.25) is 0 Å². The summed E-state index contributed by atoms with van der Waals surface area (Å²) in [7, 11) is 0. The van der Waals surface area contributed by atoms with Gasteiger partial charge >= 0.3 is 0 Å². The van der Waals surface area contributed by atoms with Crippen LogP contribution in [0, 0.1) is 6.92 Å². The summed E-state index contributed by atoms with van der Waals surface area (Å²) in [6.07, 6.45) is 1.70. The second kappa shape index (κ2) is 6.54. The van der Waals surface area contributed by atoms with Crippen molar-refractivity contribution in [1.82, 2.24) is 5.32 Å². The number of hydrogen-bond donors (Lipinski definition) is 1. The van der Waals surface area contributed by atoms with Crippen molar-refractivity contribution >= 4 is 11.6 Å². The highest BCUT2D eigenvalue weighted by atomic mass is 35.5. The summed E-state index contributed by atoms with van der Waals surface area (Å²) in [5.74, 6) is 1.73. The fraction of sp³-hybridized carbons (Fsp3) is 0.412. The molecule has 0 radical (unpaired) electrons. The Bertz CT molecular complexity index is 599. The zero-order valence-electron chi connectivity index (χ0n) is 13.0. The number of ether oxygens (including phenoxy) is 1. The third-order valence-corrected chi connectivity index (χ3v) is 3.56. The molecule has 0 saturated heterocycles. The third-order valence-electron chi connectivity index (χ3n) is 3.14. The van der Waals surface area contributed by atoms with Crippen LogP contribution in [-0.2, 0) is 13.2 Å². The predicted molar refractivity (Wildman–Crippen MR) is 85.8 cm³/mol. The molecular formula is C17H22ClNO2. The molecular weight excluding hydrogens is 286 g/mol. The first-order chi connectivity index (χ1) is 9.85. The molecule has 2 aromatic rings. The SMILES string of the molecule is Cc1cc(OCc2ccoc2CNC(C)(C)C)ccc1Cl. The Morgan fingerprint density at radius 2 is 2.00 bits per heavy atom. The van der Waals surface area contributed by atoms with Crippen LogP contribution >= 0.6 is 11.6 Å². The number of benzene rings is 1. The van der Waals surface area contributed by atoms with Crippen LogP contribution in [0.25, 0.3) is 0 Å². The molecule has 0 atom stereocenters. The van der Waals surface area contributed by atoms with E-state index in [0.717, 1.165) is 27.7 Å². The van der Waals surface area contributed by atoms with E-state index in [1.165, 1.54) is 0 Å². The van der Waals surface area contributed by atoms with Gasteiger partial charge in [-0.3, -0.25) is 0 Å². The van der Waals surface area contributed by atoms with Gasteiger partial charge in [-0.1, -0.05) is 11.6 Å². The zero-order chi connectivity index (χ0) is 15.5. The summed E-state index contributed by atoms with van der Waals surface area (Å²) in [6.45, 7) is 9.52. The van der Waals surface area contributed by atoms with E-state index in [-0.39, 0.29) is 5.54 Å². The monoisotopic (exact) mass is 307 g/mol. The number of rotatable bonds is 5. The van der Waals surface area contributed by atoms with E-state index in [4.69, 9.17) is 20.8 Å². The van der Waals surface area contributed by atoms with E-state index < -0.39 is 0 Å². The molecule has 1 heterocycles. The molecule has 3 nitrogen and oxygen atoms in total. The maximum absolute atomic E-state index is 6.01. The zero-order valence-corrected chi connectivity index (χ0v) is 13.8. The summed E-state index contributed by atoms with van der Waals surface area (Å²) in [5.41, 5.74) is 2.12. The van der Waals surface area contributed by atoms with Crippen molar-refractivity contribution < 1.29 is 9.15 Å². The van der Waals surface area contributed by atoms with E-state index in [1.54, 1.807) is 6.26 Å². The first kappa shape index (κ1) is 15.9. The summed E-state index contributed by atoms with van der Waals surface area (Å²) in [4.78, 5) is 0. The second-order valence-electron chi connectivity index (χ2n) is 6.17. The fourth-order valence-electron chi connectivity index (χ4n) is 1.86. The molecule has 0 aliphatic rings. The summed E-state index contributed by atoms with van der Waals surface area (Å²) in [6, 6.07) is 7.62. The summed E-state index contributed by atoms with van der Waals surface area (Å²) in [5, 5.41) is 4.16. The van der Waals surface area contributed by atoms with Crippen LogP contribution in [0.4, 0.5) is 0 Å². The molecule has 1 aromatic carbocycles. The number of furan rings is 1. The number of hydrogen-bond acceptors (Lipinski definition) is 3. The molecule has 0 aliphatic carbocycles. The molecule has 114 valence electrons. The van der Waals surface area contributed by atoms with Crippen LogP contribution in [0.15, 0.2) is 34.9 Å². The van der Waals surface area contributed by atoms with Crippen molar-refractivity contribution in [3.8, 4) is 5.75 Å². The van der Waals surface area contributed by atoms with E-state index in [0.29, 0.717) is 13.2 Å². The molecule has 2 rings (SSSR count). The predicted octanol–water partition coefficient (Wildman–Crippen LogP) is 4.71. The van der Waals surface area contributed by atoms with Crippen molar-refractivity contribution in [3.63, 3.8) is 0 Å². The topological polar surface area (TPSA) is 34.4 Å². The van der Waals surface area contributed by atoms with Crippen LogP contribution in [0.2, 0.25) is 5.02 Å². The Kier molecular flexibility index (Phi) is 4.96. The molecule has 0 saturated carbocycles. The minimum atomic E-state index is 0.0538. The average Bonchev–Trinajstić information content (AvgIpc) is 2.84. The standard InChI is InChI=1S/C17H22ClNO2/c1-12-9-14(5-6-15(12)18)21-11-13-7-8-20-16(13)10-19-17(2,3)4/h5-9,19H,10-11H2,1-4H3. The van der Waals surface area contributed by atoms with Gasteiger partial charge in [0.15, 0.2) is 0 Å². The van der Waals surface area contributed by atoms with E-state index in [1.807, 2.05) is 31.2 Å². The quantitative estimate of drug-likeness (QED) is 0.868. The molecule has 0 fully saturated rings. The van der Waals surface area contributed by atoms with Crippen molar-refractivity contribution in [2.75, 3.05) is 0 Å². The minimum absolute atomic E-state index is 0.0538. The highest BCUT2D eigenvalue weighted by molar-refractivity contribution is 6.31. The molecule has 21 heavy (non-hydrogen) atoms. The molecule has 0 unspecified atom stereocenters. The van der Waals surface area contributed by atoms with Crippen LogP contribution < -0.4 is 10.1 Å². The average molecular weight is 308 g/mol. The van der Waals surface area contributed by atoms with Crippen LogP contribution in [0.5, 0.6) is 5.75 Å². The Morgan fingerprint density at radius 1 is 1.24 bits per heavy atom. The molecule has 1 N–H and O–H groups in total. The van der Waals surface area contributed by atoms with Gasteiger partial charge in [-0.15, -0.1) is 0 Å². The smallest absolute Gasteiger partial charge is 0.124 e. The lowest BCUT2D eigenvalue weighted by Gasteiger charge is -2.20. The molecule has 0 aliphatic heterocycles. The maximum Gasteiger partial charge on any atom is 0.124 e. The lowest BCUT2D eigenvalue weighted by Crippen LogP contribution is -2.35. The third kappa shape index (κ3) is 4.80. The Morgan fingerprint density at radius 3 is 2.67 bits per heavy atom. The van der Waals surface area contributed by atoms with Gasteiger partial charge in [0.05, 0.1) is 12.8 Å². The minimum Gasteiger partial charge on any atom is -0.489 e. The fourth-order valence-corrected chi connectivity index (χ4v) is 1.98. The van der Waals surface area contributed by atoms with Gasteiger partial charge in [-0.25, -0.2) is 0 Å². The van der Waals surface area contributed by atoms with Gasteiger partial charge in [-0.2, -0.15) is 0 Å². The maximum atomic E-state index is 6.01. The Labute approximate surface area is 131 Å². The first-order valence-corrected chi connectivity index (χ1v) is 7.42. The van der Waals surface area contributed by atoms with Gasteiger partial charge < -0.3 is 14.5 Å². The van der Waals surface area contributed by atoms with Gasteiger partial charge in [0, 0.05) is 16.1 Å². The number of aryl methyl sites for hydroxylation is 1. The van der Waals surface area contributed by atoms with Crippen molar-refractivity contribution in [2.45, 2.75) is 46.4 Å². The van der Waals surface area contributed by atoms with Gasteiger partial charge in [0.1, 0.15) is 18.1 Å². The lowest BCUT2D eigenvalue weighted by molar-refractivity contribution is 0.299. The second-order valence-corrected chi connectivity index (χ2v) is 6.58. The Hall–Kier alpha value is -1.45. The molecule has 4 heteroatoms. The highest BCUT2D eigenvalue weighted by Crippen LogP contribution is 2.22. The van der Waals surface area contributed by atoms with Gasteiger partial charge in [0.25, 0.3) is 0 Å². The number of halogens is 1. The van der Waals surface area contributed by atoms with Crippen molar-refractivity contribution in [3.05, 3.63) is 52.4 Å². The van der Waals surface area contributed by atoms with Crippen molar-refractivity contribution in [1.29, 1.82) is 0 Å². The Balaban J connectivity index is 1.97. The number of nitrogens with one attached hydrogen (secondary N) is 1. The van der Waals surface area contributed by atoms with Crippen LogP contribution in [0.3, 0.4) is 0 Å². The van der Waals surface area contributed by atoms with E-state index in [2.05, 4.69) is 26.1 Å². The summed E-state index contributed by atoms with van der Waals surface area (Å²) < 4.78 is 11.3. The van der Waals surface area contributed by atoms with E-state index in [9.17, 15) is 0 Å². The van der Waals surface area contributed by atoms with Crippen molar-refractivity contribution in [2.24, 2.45) is 0 Å². The molecule has 0 spiro atoms. The molecule has 1 aromatic heterocycles. The molecule has 0 amide bonds. The van der Waals surface area contributed by atoms with Gasteiger partial charge in [-0.05, 0) is 57.5 Å². The van der Waals surface area contributed by atoms with Crippen LogP contribution in [-0.4, -0.2) is 5.54 Å². The molecule has 0 bridgehead atoms. The summed E-state index contributed by atoms with van der Waals surface area (Å²) >= 11 is 6.01. The first-order valence-electron chi connectivity index (χ1n) is 7.04. The highest BCUT2D eigenvalue weighted by Gasteiger charge is 2.13. The normalized spacial score (nSPS) is 11.7. The largest absolute Gasteiger partial charge is 0.489 e.